The first-order valence-corrected chi connectivity index (χ1v) is 21.3. The van der Waals surface area contributed by atoms with Gasteiger partial charge in [0.05, 0.1) is 19.1 Å². The Morgan fingerprint density at radius 1 is 0.542 bits per heavy atom. The van der Waals surface area contributed by atoms with E-state index in [0.717, 1.165) is 12.3 Å². The Balaban J connectivity index is 0.000000689. The van der Waals surface area contributed by atoms with Crippen LogP contribution in [0, 0.1) is 17.3 Å². The van der Waals surface area contributed by atoms with Crippen LogP contribution in [0.15, 0.2) is 0 Å². The molecule has 5 aliphatic rings. The monoisotopic (exact) mass is 758 g/mol. The van der Waals surface area contributed by atoms with Crippen molar-refractivity contribution in [1.29, 1.82) is 0 Å². The molecule has 2 atom stereocenters. The van der Waals surface area contributed by atoms with Crippen LogP contribution in [0.25, 0.3) is 0 Å². The molecule has 2 unspecified atom stereocenters. The molecule has 48 heavy (non-hydrogen) atoms. The number of carbonyl (C=O) groups excluding carboxylic acids is 1. The molecule has 5 fully saturated rings. The second kappa shape index (κ2) is 33.3. The molecular weight excluding hydrogens is 676 g/mol. The third-order valence-electron chi connectivity index (χ3n) is 12.3. The minimum atomic E-state index is 0. The van der Waals surface area contributed by atoms with Gasteiger partial charge in [-0.15, -0.1) is 0 Å². The fraction of sp³-hybridized carbons (Fsp3) is 0.977. The van der Waals surface area contributed by atoms with E-state index in [1.54, 1.807) is 7.11 Å². The van der Waals surface area contributed by atoms with Gasteiger partial charge in [0.1, 0.15) is 0 Å². The van der Waals surface area contributed by atoms with E-state index in [1.807, 2.05) is 7.11 Å². The van der Waals surface area contributed by atoms with E-state index in [4.69, 9.17) is 9.47 Å². The van der Waals surface area contributed by atoms with Gasteiger partial charge in [-0.1, -0.05) is 187 Å². The number of methoxy groups -OCH3 is 2. The molecule has 5 aliphatic carbocycles. The summed E-state index contributed by atoms with van der Waals surface area (Å²) >= 11 is 0. The van der Waals surface area contributed by atoms with Crippen LogP contribution in [0.1, 0.15) is 232 Å². The first-order valence-electron chi connectivity index (χ1n) is 21.3. The number of carbonyl (C=O) groups is 1. The quantitative estimate of drug-likeness (QED) is 0.113. The van der Waals surface area contributed by atoms with Crippen molar-refractivity contribution in [1.82, 2.24) is 0 Å². The molecule has 0 aliphatic heterocycles. The van der Waals surface area contributed by atoms with Crippen molar-refractivity contribution < 1.29 is 48.4 Å². The van der Waals surface area contributed by atoms with Crippen molar-refractivity contribution in [3.8, 4) is 0 Å². The second-order valence-electron chi connectivity index (χ2n) is 15.9. The third kappa shape index (κ3) is 21.7. The maximum atomic E-state index is 12.2. The van der Waals surface area contributed by atoms with E-state index >= 15 is 0 Å². The predicted octanol–water partition coefficient (Wildman–Crippen LogP) is 14.1. The van der Waals surface area contributed by atoms with Crippen LogP contribution >= 0.6 is 0 Å². The van der Waals surface area contributed by atoms with E-state index in [1.165, 1.54) is 218 Å². The zero-order valence-corrected chi connectivity index (χ0v) is 34.6. The van der Waals surface area contributed by atoms with Crippen LogP contribution in [0.2, 0.25) is 0 Å². The molecule has 0 radical (unpaired) electrons. The Kier molecular flexibility index (Phi) is 33.6. The molecule has 5 heteroatoms. The number of ether oxygens (including phenoxy) is 2. The first kappa shape index (κ1) is 48.5. The van der Waals surface area contributed by atoms with Crippen molar-refractivity contribution in [3.05, 3.63) is 0 Å². The fourth-order valence-corrected chi connectivity index (χ4v) is 9.32. The van der Waals surface area contributed by atoms with Gasteiger partial charge in [0.25, 0.3) is 0 Å². The molecule has 0 N–H and O–H groups in total. The Morgan fingerprint density at radius 2 is 0.917 bits per heavy atom. The minimum Gasteiger partial charge on any atom is -0.469 e. The SMILES string of the molecule is C1CCCC1.C1CCCC1.CCCCCCCCCCC(OC)C1CCCC1.COC(=O)C1CCCCCCCCC12CCCC2.[Fe].[Fe]. The zero-order chi connectivity index (χ0) is 33.0. The van der Waals surface area contributed by atoms with Gasteiger partial charge in [0.2, 0.25) is 0 Å². The minimum absolute atomic E-state index is 0. The van der Waals surface area contributed by atoms with Crippen molar-refractivity contribution in [2.45, 2.75) is 238 Å². The van der Waals surface area contributed by atoms with Gasteiger partial charge in [0, 0.05) is 41.2 Å². The number of hydrogen-bond donors (Lipinski definition) is 0. The summed E-state index contributed by atoms with van der Waals surface area (Å²) in [6.07, 6.45) is 49.3. The molecule has 1 spiro atoms. The van der Waals surface area contributed by atoms with Crippen LogP contribution in [0.3, 0.4) is 0 Å². The van der Waals surface area contributed by atoms with Crippen molar-refractivity contribution >= 4 is 5.97 Å². The van der Waals surface area contributed by atoms with Gasteiger partial charge in [0.15, 0.2) is 0 Å². The largest absolute Gasteiger partial charge is 0.469 e. The van der Waals surface area contributed by atoms with E-state index in [0.29, 0.717) is 11.5 Å². The standard InChI is InChI=1S/C17H34O.C16H28O2.2C5H10.2Fe/c1-3-4-5-6-7-8-9-10-15-17(18-2)16-13-11-12-14-16;1-18-15(17)14-10-6-4-2-3-5-7-11-16(14)12-8-9-13-16;2*1-2-4-5-3-1;;/h16-17H,3-15H2,1-2H3;14H,2-13H2,1H3;2*1-5H2;;. The van der Waals surface area contributed by atoms with Gasteiger partial charge in [-0.2, -0.15) is 0 Å². The molecule has 0 heterocycles. The van der Waals surface area contributed by atoms with Crippen molar-refractivity contribution in [3.63, 3.8) is 0 Å². The summed E-state index contributed by atoms with van der Waals surface area (Å²) in [7, 11) is 3.47. The van der Waals surface area contributed by atoms with Crippen molar-refractivity contribution in [2.75, 3.05) is 14.2 Å². The average molecular weight is 759 g/mol. The molecule has 0 amide bonds. The smallest absolute Gasteiger partial charge is 0.309 e. The average Bonchev–Trinajstić information content (AvgIpc) is 3.92. The number of unbranched alkanes of at least 4 members (excludes halogenated alkanes) is 7. The van der Waals surface area contributed by atoms with Crippen LogP contribution in [0.5, 0.6) is 0 Å². The summed E-state index contributed by atoms with van der Waals surface area (Å²) in [5.41, 5.74) is 0.296. The predicted molar refractivity (Wildman–Crippen MR) is 199 cm³/mol. The molecule has 0 saturated heterocycles. The summed E-state index contributed by atoms with van der Waals surface area (Å²) in [6.45, 7) is 2.29. The number of esters is 1. The molecule has 0 bridgehead atoms. The summed E-state index contributed by atoms with van der Waals surface area (Å²) < 4.78 is 10.8. The molecule has 288 valence electrons. The van der Waals surface area contributed by atoms with Gasteiger partial charge < -0.3 is 9.47 Å². The normalized spacial score (nSPS) is 22.8. The second-order valence-corrected chi connectivity index (χ2v) is 15.9. The number of rotatable bonds is 12. The van der Waals surface area contributed by atoms with Gasteiger partial charge in [-0.25, -0.2) is 0 Å². The Labute approximate surface area is 322 Å². The summed E-state index contributed by atoms with van der Waals surface area (Å²) in [5, 5.41) is 0. The van der Waals surface area contributed by atoms with Crippen LogP contribution in [-0.4, -0.2) is 26.3 Å². The van der Waals surface area contributed by atoms with Crippen molar-refractivity contribution in [2.24, 2.45) is 17.3 Å². The summed E-state index contributed by atoms with van der Waals surface area (Å²) in [4.78, 5) is 12.2. The Morgan fingerprint density at radius 3 is 1.35 bits per heavy atom. The molecule has 0 aromatic carbocycles. The molecule has 5 saturated carbocycles. The Bertz CT molecular complexity index is 656. The topological polar surface area (TPSA) is 35.5 Å². The Hall–Kier alpha value is 0.469. The van der Waals surface area contributed by atoms with Gasteiger partial charge >= 0.3 is 5.97 Å². The fourth-order valence-electron chi connectivity index (χ4n) is 9.32. The molecular formula is C43H82Fe2O3. The van der Waals surface area contributed by atoms with Gasteiger partial charge in [-0.05, 0) is 56.3 Å². The maximum absolute atomic E-state index is 12.2. The summed E-state index contributed by atoms with van der Waals surface area (Å²) in [5.74, 6) is 1.13. The third-order valence-corrected chi connectivity index (χ3v) is 12.3. The van der Waals surface area contributed by atoms with E-state index in [-0.39, 0.29) is 46.0 Å². The van der Waals surface area contributed by atoms with E-state index in [9.17, 15) is 4.79 Å². The van der Waals surface area contributed by atoms with E-state index in [2.05, 4.69) is 6.92 Å². The van der Waals surface area contributed by atoms with Crippen LogP contribution in [0.4, 0.5) is 0 Å². The molecule has 0 aromatic rings. The van der Waals surface area contributed by atoms with Gasteiger partial charge in [-0.3, -0.25) is 4.79 Å². The summed E-state index contributed by atoms with van der Waals surface area (Å²) in [6, 6.07) is 0. The molecule has 0 aromatic heterocycles. The maximum Gasteiger partial charge on any atom is 0.309 e. The molecule has 3 nitrogen and oxygen atoms in total. The zero-order valence-electron chi connectivity index (χ0n) is 32.4. The molecule has 5 rings (SSSR count). The van der Waals surface area contributed by atoms with Crippen LogP contribution in [-0.2, 0) is 48.4 Å². The van der Waals surface area contributed by atoms with E-state index < -0.39 is 0 Å². The number of hydrogen-bond acceptors (Lipinski definition) is 3. The van der Waals surface area contributed by atoms with Crippen LogP contribution < -0.4 is 0 Å². The first-order chi connectivity index (χ1) is 22.7.